The van der Waals surface area contributed by atoms with Crippen LogP contribution in [0.5, 0.6) is 0 Å². The van der Waals surface area contributed by atoms with Crippen molar-refractivity contribution in [1.29, 1.82) is 0 Å². The van der Waals surface area contributed by atoms with Crippen LogP contribution in [0.2, 0.25) is 0 Å². The molecule has 0 aliphatic heterocycles. The average Bonchev–Trinajstić information content (AvgIpc) is 2.48. The van der Waals surface area contributed by atoms with Crippen LogP contribution < -0.4 is 0 Å². The van der Waals surface area contributed by atoms with Gasteiger partial charge >= 0.3 is 0 Å². The summed E-state index contributed by atoms with van der Waals surface area (Å²) in [5.41, 5.74) is 0. The summed E-state index contributed by atoms with van der Waals surface area (Å²) >= 11 is 0. The van der Waals surface area contributed by atoms with Crippen molar-refractivity contribution in [3.63, 3.8) is 0 Å². The Morgan fingerprint density at radius 1 is 0.545 bits per heavy atom. The van der Waals surface area contributed by atoms with E-state index in [-0.39, 0.29) is 0 Å². The van der Waals surface area contributed by atoms with Gasteiger partial charge in [0.25, 0.3) is 0 Å². The minimum atomic E-state index is 0.894. The van der Waals surface area contributed by atoms with Gasteiger partial charge in [0.2, 0.25) is 0 Å². The van der Waals surface area contributed by atoms with Crippen LogP contribution >= 0.6 is 0 Å². The standard InChI is InChI=1S/C21H45N/c1-5-18-22(19-6-2)20-16-14-12-10-8-7-9-11-13-15-17-21(3)4/h21H,5-20H2,1-4H3. The van der Waals surface area contributed by atoms with Crippen LogP contribution in [0.3, 0.4) is 0 Å². The van der Waals surface area contributed by atoms with Crippen molar-refractivity contribution in [3.8, 4) is 0 Å². The Kier molecular flexibility index (Phi) is 17.3. The van der Waals surface area contributed by atoms with E-state index in [1.807, 2.05) is 0 Å². The predicted octanol–water partition coefficient (Wildman–Crippen LogP) is 7.06. The van der Waals surface area contributed by atoms with E-state index in [9.17, 15) is 0 Å². The molecule has 134 valence electrons. The molecule has 0 amide bonds. The first kappa shape index (κ1) is 22.0. The van der Waals surface area contributed by atoms with Gasteiger partial charge in [0, 0.05) is 0 Å². The van der Waals surface area contributed by atoms with Crippen molar-refractivity contribution in [1.82, 2.24) is 4.90 Å². The summed E-state index contributed by atoms with van der Waals surface area (Å²) < 4.78 is 0. The van der Waals surface area contributed by atoms with E-state index < -0.39 is 0 Å². The molecule has 0 aromatic heterocycles. The predicted molar refractivity (Wildman–Crippen MR) is 103 cm³/mol. The molecule has 0 aromatic rings. The summed E-state index contributed by atoms with van der Waals surface area (Å²) in [5.74, 6) is 0.894. The lowest BCUT2D eigenvalue weighted by Gasteiger charge is -2.20. The van der Waals surface area contributed by atoms with E-state index in [0.29, 0.717) is 0 Å². The van der Waals surface area contributed by atoms with E-state index in [4.69, 9.17) is 0 Å². The first-order chi connectivity index (χ1) is 10.7. The second-order valence-electron chi connectivity index (χ2n) is 7.56. The number of rotatable bonds is 17. The van der Waals surface area contributed by atoms with Gasteiger partial charge in [0.15, 0.2) is 0 Å². The highest BCUT2D eigenvalue weighted by atomic mass is 15.1. The minimum absolute atomic E-state index is 0.894. The Balaban J connectivity index is 3.19. The van der Waals surface area contributed by atoms with Gasteiger partial charge in [-0.2, -0.15) is 0 Å². The quantitative estimate of drug-likeness (QED) is 0.260. The molecule has 0 fully saturated rings. The largest absolute Gasteiger partial charge is 0.303 e. The number of nitrogens with zero attached hydrogens (tertiary/aromatic N) is 1. The van der Waals surface area contributed by atoms with Gasteiger partial charge in [0.05, 0.1) is 0 Å². The molecule has 0 aliphatic carbocycles. The second-order valence-corrected chi connectivity index (χ2v) is 7.56. The number of unbranched alkanes of at least 4 members (excludes halogenated alkanes) is 9. The summed E-state index contributed by atoms with van der Waals surface area (Å²) in [6.45, 7) is 13.2. The summed E-state index contributed by atoms with van der Waals surface area (Å²) in [6, 6.07) is 0. The van der Waals surface area contributed by atoms with Crippen LogP contribution in [-0.4, -0.2) is 24.5 Å². The second kappa shape index (κ2) is 17.3. The smallest absolute Gasteiger partial charge is 0.00187 e. The molecule has 22 heavy (non-hydrogen) atoms. The molecule has 1 heteroatoms. The molecule has 0 saturated carbocycles. The lowest BCUT2D eigenvalue weighted by molar-refractivity contribution is 0.267. The molecular formula is C21H45N. The Morgan fingerprint density at radius 2 is 0.955 bits per heavy atom. The van der Waals surface area contributed by atoms with E-state index >= 15 is 0 Å². The molecule has 0 aromatic carbocycles. The average molecular weight is 312 g/mol. The van der Waals surface area contributed by atoms with Gasteiger partial charge in [-0.25, -0.2) is 0 Å². The summed E-state index contributed by atoms with van der Waals surface area (Å²) in [4.78, 5) is 2.65. The molecule has 0 N–H and O–H groups in total. The van der Waals surface area contributed by atoms with Gasteiger partial charge < -0.3 is 4.90 Å². The maximum Gasteiger partial charge on any atom is -0.00187 e. The summed E-state index contributed by atoms with van der Waals surface area (Å²) in [7, 11) is 0. The summed E-state index contributed by atoms with van der Waals surface area (Å²) in [6.07, 6.45) is 18.6. The highest BCUT2D eigenvalue weighted by Gasteiger charge is 2.01. The first-order valence-corrected chi connectivity index (χ1v) is 10.4. The number of hydrogen-bond acceptors (Lipinski definition) is 1. The van der Waals surface area contributed by atoms with Crippen LogP contribution in [0.4, 0.5) is 0 Å². The maximum atomic E-state index is 2.65. The third kappa shape index (κ3) is 16.3. The zero-order chi connectivity index (χ0) is 16.5. The van der Waals surface area contributed by atoms with Crippen molar-refractivity contribution in [3.05, 3.63) is 0 Å². The monoisotopic (exact) mass is 311 g/mol. The summed E-state index contributed by atoms with van der Waals surface area (Å²) in [5, 5.41) is 0. The van der Waals surface area contributed by atoms with Crippen LogP contribution in [0, 0.1) is 5.92 Å². The Hall–Kier alpha value is -0.0400. The zero-order valence-electron chi connectivity index (χ0n) is 16.3. The van der Waals surface area contributed by atoms with Crippen molar-refractivity contribution in [2.45, 2.75) is 111 Å². The molecule has 0 saturated heterocycles. The molecule has 0 atom stereocenters. The maximum absolute atomic E-state index is 2.65. The van der Waals surface area contributed by atoms with Crippen molar-refractivity contribution in [2.24, 2.45) is 5.92 Å². The van der Waals surface area contributed by atoms with E-state index in [0.717, 1.165) is 5.92 Å². The molecular weight excluding hydrogens is 266 g/mol. The molecule has 0 heterocycles. The third-order valence-corrected chi connectivity index (χ3v) is 4.59. The lowest BCUT2D eigenvalue weighted by atomic mass is 10.0. The molecule has 0 bridgehead atoms. The molecule has 0 radical (unpaired) electrons. The fourth-order valence-electron chi connectivity index (χ4n) is 3.27. The van der Waals surface area contributed by atoms with E-state index in [1.54, 1.807) is 0 Å². The minimum Gasteiger partial charge on any atom is -0.303 e. The van der Waals surface area contributed by atoms with Gasteiger partial charge in [-0.1, -0.05) is 91.9 Å². The van der Waals surface area contributed by atoms with Crippen LogP contribution in [-0.2, 0) is 0 Å². The highest BCUT2D eigenvalue weighted by molar-refractivity contribution is 4.57. The van der Waals surface area contributed by atoms with Crippen molar-refractivity contribution < 1.29 is 0 Å². The van der Waals surface area contributed by atoms with E-state index in [1.165, 1.54) is 103 Å². The highest BCUT2D eigenvalue weighted by Crippen LogP contribution is 2.13. The van der Waals surface area contributed by atoms with Crippen molar-refractivity contribution >= 4 is 0 Å². The molecule has 0 spiro atoms. The van der Waals surface area contributed by atoms with Crippen LogP contribution in [0.1, 0.15) is 111 Å². The topological polar surface area (TPSA) is 3.24 Å². The number of hydrogen-bond donors (Lipinski definition) is 0. The zero-order valence-corrected chi connectivity index (χ0v) is 16.3. The SMILES string of the molecule is CCCN(CCC)CCCCCCCCCCCCC(C)C. The van der Waals surface area contributed by atoms with Gasteiger partial charge in [-0.15, -0.1) is 0 Å². The van der Waals surface area contributed by atoms with Gasteiger partial charge in [-0.05, 0) is 44.8 Å². The molecule has 1 nitrogen and oxygen atoms in total. The Bertz CT molecular complexity index is 194. The molecule has 0 aliphatic rings. The Labute approximate surface area is 142 Å². The van der Waals surface area contributed by atoms with Gasteiger partial charge in [0.1, 0.15) is 0 Å². The normalized spacial score (nSPS) is 11.7. The third-order valence-electron chi connectivity index (χ3n) is 4.59. The van der Waals surface area contributed by atoms with Crippen LogP contribution in [0.25, 0.3) is 0 Å². The molecule has 0 unspecified atom stereocenters. The fraction of sp³-hybridized carbons (Fsp3) is 1.00. The lowest BCUT2D eigenvalue weighted by Crippen LogP contribution is -2.26. The van der Waals surface area contributed by atoms with E-state index in [2.05, 4.69) is 32.6 Å². The first-order valence-electron chi connectivity index (χ1n) is 10.4. The van der Waals surface area contributed by atoms with Crippen LogP contribution in [0.15, 0.2) is 0 Å². The fourth-order valence-corrected chi connectivity index (χ4v) is 3.27. The molecule has 0 rings (SSSR count). The Morgan fingerprint density at radius 3 is 1.36 bits per heavy atom. The van der Waals surface area contributed by atoms with Gasteiger partial charge in [-0.3, -0.25) is 0 Å². The van der Waals surface area contributed by atoms with Crippen molar-refractivity contribution in [2.75, 3.05) is 19.6 Å².